The molecule has 0 bridgehead atoms. The summed E-state index contributed by atoms with van der Waals surface area (Å²) in [6, 6.07) is 37.6. The van der Waals surface area contributed by atoms with Crippen molar-refractivity contribution in [3.8, 4) is 11.5 Å². The first-order chi connectivity index (χ1) is 33.4. The number of fused-ring (bicyclic) bond motifs is 2. The molecule has 2 aliphatic rings. The number of likely N-dealkylation sites (tertiary alicyclic amines) is 2. The van der Waals surface area contributed by atoms with E-state index in [0.717, 1.165) is 150 Å². The molecule has 2 aliphatic heterocycles. The first-order valence-electron chi connectivity index (χ1n) is 25.1. The molecule has 0 aliphatic carbocycles. The molecule has 6 aromatic rings. The summed E-state index contributed by atoms with van der Waals surface area (Å²) in [4.78, 5) is 41.2. The molecule has 0 spiro atoms. The number of aryl methyl sites for hydroxylation is 4. The monoisotopic (exact) mass is 919 g/mol. The van der Waals surface area contributed by atoms with E-state index in [9.17, 15) is 9.59 Å². The minimum atomic E-state index is -0.880. The third-order valence-electron chi connectivity index (χ3n) is 14.7. The van der Waals surface area contributed by atoms with Crippen molar-refractivity contribution in [1.82, 2.24) is 19.8 Å². The third-order valence-corrected chi connectivity index (χ3v) is 14.7. The van der Waals surface area contributed by atoms with Crippen molar-refractivity contribution in [2.75, 3.05) is 66.7 Å². The molecule has 4 atom stereocenters. The van der Waals surface area contributed by atoms with E-state index in [1.54, 1.807) is 14.2 Å². The van der Waals surface area contributed by atoms with E-state index in [-0.39, 0.29) is 25.0 Å². The number of piperidine rings is 2. The molecule has 0 N–H and O–H groups in total. The fourth-order valence-electron chi connectivity index (χ4n) is 10.8. The smallest absolute Gasteiger partial charge is 0.417 e. The normalized spacial score (nSPS) is 18.9. The van der Waals surface area contributed by atoms with Crippen LogP contribution in [0.4, 0.5) is 0 Å². The fourth-order valence-corrected chi connectivity index (χ4v) is 10.8. The Labute approximate surface area is 403 Å². The van der Waals surface area contributed by atoms with E-state index in [4.69, 9.17) is 18.9 Å². The summed E-state index contributed by atoms with van der Waals surface area (Å²) in [6.07, 6.45) is 15.9. The van der Waals surface area contributed by atoms with Gasteiger partial charge in [-0.2, -0.15) is 0 Å². The van der Waals surface area contributed by atoms with Crippen molar-refractivity contribution >= 4 is 33.7 Å². The maximum Gasteiger partial charge on any atom is 0.417 e. The summed E-state index contributed by atoms with van der Waals surface area (Å²) in [6.45, 7) is 6.09. The van der Waals surface area contributed by atoms with Gasteiger partial charge in [-0.1, -0.05) is 60.7 Å². The molecule has 0 unspecified atom stereocenters. The quantitative estimate of drug-likeness (QED) is 0.0483. The summed E-state index contributed by atoms with van der Waals surface area (Å²) in [5, 5.41) is 2.25. The Hall–Kier alpha value is -5.84. The predicted octanol–water partition coefficient (Wildman–Crippen LogP) is 10.4. The van der Waals surface area contributed by atoms with Gasteiger partial charge in [-0.15, -0.1) is 0 Å². The molecular formula is C58H70N4O6. The second-order valence-corrected chi connectivity index (χ2v) is 19.1. The van der Waals surface area contributed by atoms with Gasteiger partial charge in [0.2, 0.25) is 0 Å². The zero-order valence-corrected chi connectivity index (χ0v) is 40.2. The number of carbonyl (C=O) groups excluding carboxylic acids is 2. The van der Waals surface area contributed by atoms with Gasteiger partial charge in [0.15, 0.2) is 0 Å². The lowest BCUT2D eigenvalue weighted by Crippen LogP contribution is -2.44. The number of carbonyl (C=O) groups is 2. The zero-order chi connectivity index (χ0) is 46.9. The average Bonchev–Trinajstić information content (AvgIpc) is 3.38. The van der Waals surface area contributed by atoms with Crippen molar-refractivity contribution in [2.24, 2.45) is 23.7 Å². The summed E-state index contributed by atoms with van der Waals surface area (Å²) in [5.74, 6) is 0.882. The van der Waals surface area contributed by atoms with E-state index in [2.05, 4.69) is 105 Å². The van der Waals surface area contributed by atoms with E-state index in [1.165, 1.54) is 22.3 Å². The molecule has 358 valence electrons. The number of ether oxygens (including phenoxy) is 4. The van der Waals surface area contributed by atoms with Gasteiger partial charge in [0.25, 0.3) is 0 Å². The van der Waals surface area contributed by atoms with Crippen LogP contribution in [0.1, 0.15) is 73.6 Å². The molecule has 68 heavy (non-hydrogen) atoms. The van der Waals surface area contributed by atoms with E-state index >= 15 is 0 Å². The molecule has 8 rings (SSSR count). The van der Waals surface area contributed by atoms with Gasteiger partial charge in [-0.25, -0.2) is 9.59 Å². The van der Waals surface area contributed by atoms with Crippen molar-refractivity contribution in [1.29, 1.82) is 0 Å². The van der Waals surface area contributed by atoms with Crippen LogP contribution in [-0.2, 0) is 44.7 Å². The highest BCUT2D eigenvalue weighted by molar-refractivity contribution is 6.29. The number of hydrogen-bond acceptors (Lipinski definition) is 10. The predicted molar refractivity (Wildman–Crippen MR) is 270 cm³/mol. The Morgan fingerprint density at radius 2 is 0.971 bits per heavy atom. The Kier molecular flexibility index (Phi) is 17.8. The Bertz CT molecular complexity index is 2350. The topological polar surface area (TPSA) is 103 Å². The first-order valence-corrected chi connectivity index (χ1v) is 25.1. The largest absolute Gasteiger partial charge is 0.497 e. The highest BCUT2D eigenvalue weighted by Gasteiger charge is 2.33. The van der Waals surface area contributed by atoms with Crippen LogP contribution in [0, 0.1) is 23.7 Å². The second kappa shape index (κ2) is 25.0. The van der Waals surface area contributed by atoms with Crippen molar-refractivity contribution < 1.29 is 28.5 Å². The minimum Gasteiger partial charge on any atom is -0.497 e. The number of rotatable bonds is 22. The SMILES string of the molecule is COc1ccc2nccc(CCC[C@@H]3CCN(CCCc4ccccc4)C[C@@H]3COC(=O)C(=O)OC[C@H]3CN(CCCc4ccccc4)CC[C@H]3CCCc3ccnc4ccc(OC)cc34)c2c1. The molecule has 4 heterocycles. The fraction of sp³-hybridized carbons (Fsp3) is 0.448. The summed E-state index contributed by atoms with van der Waals surface area (Å²) in [5.41, 5.74) is 7.16. The first kappa shape index (κ1) is 48.6. The van der Waals surface area contributed by atoms with Gasteiger partial charge in [0.1, 0.15) is 11.5 Å². The molecule has 4 aromatic carbocycles. The van der Waals surface area contributed by atoms with Crippen LogP contribution in [0.3, 0.4) is 0 Å². The molecule has 2 fully saturated rings. The highest BCUT2D eigenvalue weighted by atomic mass is 16.6. The second-order valence-electron chi connectivity index (χ2n) is 19.1. The number of aromatic nitrogens is 2. The van der Waals surface area contributed by atoms with Gasteiger partial charge in [0.05, 0.1) is 38.5 Å². The molecule has 10 nitrogen and oxygen atoms in total. The number of methoxy groups -OCH3 is 2. The van der Waals surface area contributed by atoms with Crippen LogP contribution in [-0.4, -0.2) is 98.4 Å². The summed E-state index contributed by atoms with van der Waals surface area (Å²) < 4.78 is 22.9. The average molecular weight is 919 g/mol. The van der Waals surface area contributed by atoms with Gasteiger partial charge >= 0.3 is 11.9 Å². The molecule has 2 saturated heterocycles. The summed E-state index contributed by atoms with van der Waals surface area (Å²) in [7, 11) is 3.39. The Balaban J connectivity index is 0.871. The summed E-state index contributed by atoms with van der Waals surface area (Å²) >= 11 is 0. The van der Waals surface area contributed by atoms with E-state index < -0.39 is 11.9 Å². The molecule has 2 aromatic heterocycles. The Morgan fingerprint density at radius 3 is 1.40 bits per heavy atom. The van der Waals surface area contributed by atoms with Gasteiger partial charge in [0, 0.05) is 48.1 Å². The number of hydrogen-bond donors (Lipinski definition) is 0. The van der Waals surface area contributed by atoms with Crippen molar-refractivity contribution in [2.45, 2.75) is 77.0 Å². The molecule has 0 amide bonds. The minimum absolute atomic E-state index is 0.122. The number of esters is 2. The number of pyridine rings is 2. The van der Waals surface area contributed by atoms with Crippen LogP contribution in [0.2, 0.25) is 0 Å². The van der Waals surface area contributed by atoms with Gasteiger partial charge < -0.3 is 28.7 Å². The van der Waals surface area contributed by atoms with E-state index in [1.807, 2.05) is 36.7 Å². The molecule has 10 heteroatoms. The maximum atomic E-state index is 13.5. The molecule has 0 saturated carbocycles. The van der Waals surface area contributed by atoms with Gasteiger partial charge in [-0.05, 0) is 186 Å². The zero-order valence-electron chi connectivity index (χ0n) is 40.2. The number of nitrogens with zero attached hydrogens (tertiary/aromatic N) is 4. The molecule has 0 radical (unpaired) electrons. The van der Waals surface area contributed by atoms with Crippen LogP contribution in [0.5, 0.6) is 11.5 Å². The lowest BCUT2D eigenvalue weighted by atomic mass is 9.82. The third kappa shape index (κ3) is 13.7. The Morgan fingerprint density at radius 1 is 0.529 bits per heavy atom. The standard InChI is InChI=1S/C58H70N4O6/c1-65-51-23-25-55-53(37-51)47(27-31-59-55)21-9-19-45-29-35-61(33-11-17-43-13-5-3-6-14-43)39-49(45)41-67-57(63)58(64)68-42-50-40-62(34-12-18-44-15-7-4-8-16-44)36-30-46(50)20-10-22-48-28-32-60-56-26-24-52(66-2)38-54(48)56/h3-8,13-16,23-28,31-32,37-38,45-46,49-50H,9-12,17-22,29-30,33-36,39-42H2,1-2H3/t45-,46-,49-,50-/m1/s1. The maximum absolute atomic E-state index is 13.5. The van der Waals surface area contributed by atoms with Crippen molar-refractivity contribution in [3.63, 3.8) is 0 Å². The highest BCUT2D eigenvalue weighted by Crippen LogP contribution is 2.33. The van der Waals surface area contributed by atoms with Crippen LogP contribution in [0.15, 0.2) is 122 Å². The van der Waals surface area contributed by atoms with Gasteiger partial charge in [-0.3, -0.25) is 9.97 Å². The van der Waals surface area contributed by atoms with Crippen molar-refractivity contribution in [3.05, 3.63) is 144 Å². The molecular weight excluding hydrogens is 849 g/mol. The van der Waals surface area contributed by atoms with Crippen LogP contribution >= 0.6 is 0 Å². The lowest BCUT2D eigenvalue weighted by Gasteiger charge is -2.39. The van der Waals surface area contributed by atoms with E-state index in [0.29, 0.717) is 11.8 Å². The van der Waals surface area contributed by atoms with Crippen LogP contribution < -0.4 is 9.47 Å². The number of benzene rings is 4. The lowest BCUT2D eigenvalue weighted by molar-refractivity contribution is -0.170. The van der Waals surface area contributed by atoms with Crippen LogP contribution in [0.25, 0.3) is 21.8 Å².